The van der Waals surface area contributed by atoms with Gasteiger partial charge in [0, 0.05) is 24.8 Å². The van der Waals surface area contributed by atoms with E-state index in [-0.39, 0.29) is 17.5 Å². The van der Waals surface area contributed by atoms with Crippen molar-refractivity contribution in [3.8, 4) is 5.75 Å². The molecule has 88 valence electrons. The fraction of sp³-hybridized carbons (Fsp3) is 0.357. The lowest BCUT2D eigenvalue weighted by atomic mass is 9.84. The normalized spacial score (nSPS) is 29.9. The first kappa shape index (κ1) is 10.5. The maximum absolute atomic E-state index is 12.1. The molecule has 3 fully saturated rings. The van der Waals surface area contributed by atoms with E-state index in [1.165, 1.54) is 11.0 Å². The number of fused-ring (bicyclic) bond motifs is 3. The Morgan fingerprint density at radius 2 is 2.06 bits per heavy atom. The molecule has 1 aromatic carbocycles. The van der Waals surface area contributed by atoms with Gasteiger partial charge in [0.25, 0.3) is 0 Å². The predicted molar refractivity (Wildman–Crippen MR) is 62.3 cm³/mol. The minimum absolute atomic E-state index is 0.00207. The van der Waals surface area contributed by atoms with Gasteiger partial charge in [-0.25, -0.2) is 0 Å². The van der Waals surface area contributed by atoms with Crippen LogP contribution >= 0.6 is 0 Å². The number of quaternary nitrogens is 1. The molecule has 0 saturated carbocycles. The maximum Gasteiger partial charge on any atom is 0.219 e. The van der Waals surface area contributed by atoms with E-state index in [4.69, 9.17) is 0 Å². The number of ketones is 1. The number of allylic oxidation sites excluding steroid dienone is 1. The van der Waals surface area contributed by atoms with E-state index < -0.39 is 0 Å². The molecule has 17 heavy (non-hydrogen) atoms. The van der Waals surface area contributed by atoms with Crippen molar-refractivity contribution in [1.82, 2.24) is 0 Å². The summed E-state index contributed by atoms with van der Waals surface area (Å²) >= 11 is 0. The van der Waals surface area contributed by atoms with Crippen molar-refractivity contribution in [1.29, 1.82) is 0 Å². The first-order chi connectivity index (χ1) is 8.24. The summed E-state index contributed by atoms with van der Waals surface area (Å²) in [7, 11) is 0. The van der Waals surface area contributed by atoms with Gasteiger partial charge in [-0.3, -0.25) is 9.69 Å². The van der Waals surface area contributed by atoms with Crippen LogP contribution < -0.4 is 10.0 Å². The average Bonchev–Trinajstić information content (AvgIpc) is 2.34. The second-order valence-corrected chi connectivity index (χ2v) is 4.87. The average molecular weight is 229 g/mol. The lowest BCUT2D eigenvalue weighted by Gasteiger charge is -2.35. The molecule has 3 heterocycles. The Morgan fingerprint density at radius 1 is 1.29 bits per heavy atom. The monoisotopic (exact) mass is 229 g/mol. The third kappa shape index (κ3) is 1.87. The minimum atomic E-state index is -0.00207. The Balaban J connectivity index is 1.95. The van der Waals surface area contributed by atoms with Crippen LogP contribution in [0, 0.1) is 5.92 Å². The molecule has 0 aromatic heterocycles. The summed E-state index contributed by atoms with van der Waals surface area (Å²) in [6, 6.07) is 6.74. The van der Waals surface area contributed by atoms with Crippen molar-refractivity contribution >= 4 is 11.9 Å². The Bertz CT molecular complexity index is 485. The summed E-state index contributed by atoms with van der Waals surface area (Å²) in [5.74, 6) is 0.515. The molecule has 3 saturated heterocycles. The van der Waals surface area contributed by atoms with Crippen LogP contribution in [0.5, 0.6) is 5.75 Å². The quantitative estimate of drug-likeness (QED) is 0.688. The van der Waals surface area contributed by atoms with E-state index >= 15 is 0 Å². The van der Waals surface area contributed by atoms with Crippen LogP contribution in [0.25, 0.3) is 6.08 Å². The van der Waals surface area contributed by atoms with Crippen LogP contribution in [-0.2, 0) is 4.79 Å². The summed E-state index contributed by atoms with van der Waals surface area (Å²) < 4.78 is 0. The van der Waals surface area contributed by atoms with Gasteiger partial charge in [-0.2, -0.15) is 0 Å². The van der Waals surface area contributed by atoms with Gasteiger partial charge in [-0.05, 0) is 5.56 Å². The zero-order valence-electron chi connectivity index (χ0n) is 9.61. The molecule has 2 bridgehead atoms. The minimum Gasteiger partial charge on any atom is -0.872 e. The van der Waals surface area contributed by atoms with Gasteiger partial charge < -0.3 is 5.11 Å². The molecule has 3 heteroatoms. The highest BCUT2D eigenvalue weighted by Crippen LogP contribution is 2.21. The van der Waals surface area contributed by atoms with Gasteiger partial charge in [0.2, 0.25) is 5.78 Å². The summed E-state index contributed by atoms with van der Waals surface area (Å²) in [5, 5.41) is 11.3. The molecular weight excluding hydrogens is 214 g/mol. The van der Waals surface area contributed by atoms with Crippen molar-refractivity contribution in [2.45, 2.75) is 12.8 Å². The van der Waals surface area contributed by atoms with Crippen molar-refractivity contribution in [3.63, 3.8) is 0 Å². The summed E-state index contributed by atoms with van der Waals surface area (Å²) in [6.45, 7) is 2.11. The zero-order valence-corrected chi connectivity index (χ0v) is 9.61. The number of Topliss-reactive ketones (excluding diaryl/α,β-unsaturated/α-hetero) is 1. The Labute approximate surface area is 100 Å². The summed E-state index contributed by atoms with van der Waals surface area (Å²) in [4.78, 5) is 13.4. The smallest absolute Gasteiger partial charge is 0.219 e. The van der Waals surface area contributed by atoms with Crippen LogP contribution in [0.1, 0.15) is 18.4 Å². The van der Waals surface area contributed by atoms with Crippen LogP contribution in [0.2, 0.25) is 0 Å². The maximum atomic E-state index is 12.1. The number of carbonyl (C=O) groups is 1. The SMILES string of the molecule is O=C1/C(=C/c2cccc([O-])c2)[NH+]2CCC1CC2. The number of hydrogen-bond donors (Lipinski definition) is 1. The number of benzene rings is 1. The van der Waals surface area contributed by atoms with E-state index in [2.05, 4.69) is 0 Å². The Morgan fingerprint density at radius 3 is 2.71 bits per heavy atom. The molecule has 4 rings (SSSR count). The van der Waals surface area contributed by atoms with Gasteiger partial charge in [0.05, 0.1) is 13.1 Å². The topological polar surface area (TPSA) is 44.6 Å². The zero-order chi connectivity index (χ0) is 11.8. The lowest BCUT2D eigenvalue weighted by Crippen LogP contribution is -3.14. The molecule has 0 spiro atoms. The van der Waals surface area contributed by atoms with Crippen LogP contribution in [0.3, 0.4) is 0 Å². The van der Waals surface area contributed by atoms with Crippen molar-refractivity contribution in [2.24, 2.45) is 5.92 Å². The number of hydrogen-bond acceptors (Lipinski definition) is 2. The number of rotatable bonds is 1. The first-order valence-corrected chi connectivity index (χ1v) is 6.12. The highest BCUT2D eigenvalue weighted by atomic mass is 16.3. The molecule has 0 atom stereocenters. The van der Waals surface area contributed by atoms with Crippen LogP contribution in [-0.4, -0.2) is 18.9 Å². The molecule has 3 nitrogen and oxygen atoms in total. The van der Waals surface area contributed by atoms with Crippen LogP contribution in [0.15, 0.2) is 30.0 Å². The van der Waals surface area contributed by atoms with Crippen molar-refractivity contribution < 1.29 is 14.8 Å². The molecule has 0 unspecified atom stereocenters. The predicted octanol–water partition coefficient (Wildman–Crippen LogP) is -0.0213. The molecule has 1 aromatic rings. The van der Waals surface area contributed by atoms with Gasteiger partial charge in [0.1, 0.15) is 0 Å². The van der Waals surface area contributed by atoms with Gasteiger partial charge in [-0.1, -0.05) is 24.3 Å². The molecule has 3 aliphatic rings. The molecular formula is C14H15NO2. The fourth-order valence-electron chi connectivity index (χ4n) is 2.84. The van der Waals surface area contributed by atoms with Crippen molar-refractivity contribution in [2.75, 3.05) is 13.1 Å². The molecule has 1 N–H and O–H groups in total. The van der Waals surface area contributed by atoms with Crippen LogP contribution in [0.4, 0.5) is 0 Å². The largest absolute Gasteiger partial charge is 0.872 e. The Kier molecular flexibility index (Phi) is 2.48. The van der Waals surface area contributed by atoms with Gasteiger partial charge in [-0.15, -0.1) is 5.75 Å². The van der Waals surface area contributed by atoms with Crippen molar-refractivity contribution in [3.05, 3.63) is 35.5 Å². The number of nitrogens with one attached hydrogen (secondary N) is 1. The summed E-state index contributed by atoms with van der Waals surface area (Å²) in [6.07, 6.45) is 3.94. The molecule has 0 amide bonds. The third-order valence-electron chi connectivity index (χ3n) is 3.78. The second kappa shape index (κ2) is 4.00. The molecule has 0 aliphatic carbocycles. The van der Waals surface area contributed by atoms with E-state index in [0.717, 1.165) is 37.2 Å². The molecule has 3 aliphatic heterocycles. The van der Waals surface area contributed by atoms with E-state index in [9.17, 15) is 9.90 Å². The van der Waals surface area contributed by atoms with E-state index in [1.54, 1.807) is 12.1 Å². The summed E-state index contributed by atoms with van der Waals surface area (Å²) in [5.41, 5.74) is 1.72. The number of piperidine rings is 3. The Hall–Kier alpha value is -1.61. The molecule has 0 radical (unpaired) electrons. The third-order valence-corrected chi connectivity index (χ3v) is 3.78. The fourth-order valence-corrected chi connectivity index (χ4v) is 2.84. The van der Waals surface area contributed by atoms with E-state index in [0.29, 0.717) is 0 Å². The first-order valence-electron chi connectivity index (χ1n) is 6.12. The van der Waals surface area contributed by atoms with Gasteiger partial charge >= 0.3 is 0 Å². The standard InChI is InChI=1S/C14H15NO2/c16-12-3-1-2-10(8-12)9-13-14(17)11-4-6-15(13)7-5-11/h1-3,8-9,11,16H,4-7H2/b13-9-. The second-order valence-electron chi connectivity index (χ2n) is 4.87. The lowest BCUT2D eigenvalue weighted by molar-refractivity contribution is -0.866. The highest BCUT2D eigenvalue weighted by molar-refractivity contribution is 5.99. The van der Waals surface area contributed by atoms with Gasteiger partial charge in [0.15, 0.2) is 5.70 Å². The van der Waals surface area contributed by atoms with E-state index in [1.807, 2.05) is 12.1 Å². The number of carbonyl (C=O) groups excluding carboxylic acids is 1. The highest BCUT2D eigenvalue weighted by Gasteiger charge is 2.40.